The average molecular weight is 504 g/mol. The maximum absolute atomic E-state index is 12.7. The molecule has 0 atom stereocenters. The molecule has 184 valence electrons. The summed E-state index contributed by atoms with van der Waals surface area (Å²) in [5.74, 6) is -0.457. The number of nitrogens with two attached hydrogens (primary N) is 1. The average Bonchev–Trinajstić information content (AvgIpc) is 3.41. The number of aryl methyl sites for hydroxylation is 2. The molecular weight excluding hydrogens is 478 g/mol. The number of primary amides is 1. The summed E-state index contributed by atoms with van der Waals surface area (Å²) in [6.45, 7) is 1.87. The van der Waals surface area contributed by atoms with E-state index >= 15 is 0 Å². The molecule has 4 aromatic rings. The molecule has 0 aromatic carbocycles. The maximum atomic E-state index is 12.7. The van der Waals surface area contributed by atoms with Gasteiger partial charge in [-0.2, -0.15) is 10.1 Å². The first kappa shape index (κ1) is 22.6. The zero-order chi connectivity index (χ0) is 25.0. The Labute approximate surface area is 210 Å². The Morgan fingerprint density at radius 3 is 2.67 bits per heavy atom. The number of rotatable bonds is 6. The van der Waals surface area contributed by atoms with Crippen LogP contribution in [0.4, 0.5) is 0 Å². The standard InChI is InChI=1S/C25H25N7O3S/c1-13-17-7-18(20(26)33)23(30-21(17)32(2)31-13)35-16-10-25(11-16)8-15(9-25)28-22(34)19-12-36-24(29-19)14-3-5-27-6-4-14/h3-7,12,15-16H,8-11H2,1-2H3,(H2,26,33)(H,28,34). The van der Waals surface area contributed by atoms with Crippen molar-refractivity contribution in [2.75, 3.05) is 0 Å². The van der Waals surface area contributed by atoms with Gasteiger partial charge in [-0.3, -0.25) is 19.3 Å². The normalized spacial score (nSPS) is 22.7. The van der Waals surface area contributed by atoms with Crippen molar-refractivity contribution in [2.24, 2.45) is 18.2 Å². The van der Waals surface area contributed by atoms with Crippen LogP contribution in [0.3, 0.4) is 0 Å². The minimum atomic E-state index is -0.572. The highest BCUT2D eigenvalue weighted by Crippen LogP contribution is 2.57. The van der Waals surface area contributed by atoms with Crippen LogP contribution >= 0.6 is 11.3 Å². The lowest BCUT2D eigenvalue weighted by molar-refractivity contribution is -0.0847. The van der Waals surface area contributed by atoms with Crippen LogP contribution in [0.25, 0.3) is 21.6 Å². The van der Waals surface area contributed by atoms with Gasteiger partial charge < -0.3 is 15.8 Å². The molecule has 2 saturated carbocycles. The summed E-state index contributed by atoms with van der Waals surface area (Å²) in [6, 6.07) is 5.59. The summed E-state index contributed by atoms with van der Waals surface area (Å²) in [6.07, 6.45) is 6.88. The quantitative estimate of drug-likeness (QED) is 0.412. The van der Waals surface area contributed by atoms with Crippen molar-refractivity contribution >= 4 is 34.2 Å². The van der Waals surface area contributed by atoms with Crippen molar-refractivity contribution in [1.29, 1.82) is 0 Å². The Morgan fingerprint density at radius 1 is 1.19 bits per heavy atom. The first-order chi connectivity index (χ1) is 17.3. The van der Waals surface area contributed by atoms with Gasteiger partial charge in [-0.25, -0.2) is 4.98 Å². The number of aromatic nitrogens is 5. The Morgan fingerprint density at radius 2 is 1.94 bits per heavy atom. The fraction of sp³-hybridized carbons (Fsp3) is 0.360. The molecule has 4 aromatic heterocycles. The predicted octanol–water partition coefficient (Wildman–Crippen LogP) is 3.01. The molecule has 3 N–H and O–H groups in total. The number of hydrogen-bond donors (Lipinski definition) is 2. The number of ether oxygens (including phenoxy) is 1. The molecule has 0 unspecified atom stereocenters. The number of carbonyl (C=O) groups excluding carboxylic acids is 2. The van der Waals surface area contributed by atoms with Gasteiger partial charge in [0, 0.05) is 41.8 Å². The van der Waals surface area contributed by atoms with Crippen LogP contribution in [-0.4, -0.2) is 48.7 Å². The summed E-state index contributed by atoms with van der Waals surface area (Å²) in [5.41, 5.74) is 8.86. The SMILES string of the molecule is Cc1nn(C)c2nc(OC3CC4(CC(NC(=O)c5csc(-c6ccncc6)n5)C4)C3)c(C(N)=O)cc12. The second-order valence-corrected chi connectivity index (χ2v) is 10.6. The van der Waals surface area contributed by atoms with Crippen LogP contribution in [0.15, 0.2) is 36.0 Å². The zero-order valence-electron chi connectivity index (χ0n) is 19.9. The topological polar surface area (TPSA) is 138 Å². The number of carbonyl (C=O) groups is 2. The van der Waals surface area contributed by atoms with E-state index in [-0.39, 0.29) is 34.9 Å². The summed E-state index contributed by atoms with van der Waals surface area (Å²) >= 11 is 1.45. The van der Waals surface area contributed by atoms with Gasteiger partial charge in [-0.1, -0.05) is 0 Å². The van der Waals surface area contributed by atoms with E-state index in [4.69, 9.17) is 10.5 Å². The molecule has 11 heteroatoms. The molecule has 2 aliphatic rings. The number of nitrogens with zero attached hydrogens (tertiary/aromatic N) is 5. The van der Waals surface area contributed by atoms with Crippen molar-refractivity contribution in [3.8, 4) is 16.5 Å². The molecule has 0 radical (unpaired) electrons. The number of amides is 2. The molecule has 0 bridgehead atoms. The second-order valence-electron chi connectivity index (χ2n) is 9.79. The van der Waals surface area contributed by atoms with E-state index in [0.717, 1.165) is 47.3 Å². The van der Waals surface area contributed by atoms with Gasteiger partial charge in [0.05, 0.1) is 5.69 Å². The number of nitrogens with one attached hydrogen (secondary N) is 1. The molecule has 2 aliphatic carbocycles. The summed E-state index contributed by atoms with van der Waals surface area (Å²) < 4.78 is 7.80. The van der Waals surface area contributed by atoms with Crippen molar-refractivity contribution in [3.05, 3.63) is 52.9 Å². The third kappa shape index (κ3) is 3.89. The lowest BCUT2D eigenvalue weighted by Crippen LogP contribution is -2.58. The Hall–Kier alpha value is -3.86. The summed E-state index contributed by atoms with van der Waals surface area (Å²) in [5, 5.41) is 10.8. The van der Waals surface area contributed by atoms with E-state index in [9.17, 15) is 9.59 Å². The number of thiazole rings is 1. The molecule has 10 nitrogen and oxygen atoms in total. The maximum Gasteiger partial charge on any atom is 0.270 e. The van der Waals surface area contributed by atoms with Crippen molar-refractivity contribution in [1.82, 2.24) is 30.0 Å². The van der Waals surface area contributed by atoms with Crippen LogP contribution in [-0.2, 0) is 7.05 Å². The second kappa shape index (κ2) is 8.37. The van der Waals surface area contributed by atoms with Crippen molar-refractivity contribution in [3.63, 3.8) is 0 Å². The molecule has 0 saturated heterocycles. The Balaban J connectivity index is 1.05. The van der Waals surface area contributed by atoms with Crippen LogP contribution < -0.4 is 15.8 Å². The molecule has 1 spiro atoms. The van der Waals surface area contributed by atoms with Crippen molar-refractivity contribution in [2.45, 2.75) is 44.8 Å². The highest BCUT2D eigenvalue weighted by Gasteiger charge is 2.54. The van der Waals surface area contributed by atoms with E-state index < -0.39 is 5.91 Å². The summed E-state index contributed by atoms with van der Waals surface area (Å²) in [4.78, 5) is 37.8. The van der Waals surface area contributed by atoms with Gasteiger partial charge in [-0.05, 0) is 56.2 Å². The monoisotopic (exact) mass is 503 g/mol. The molecule has 2 fully saturated rings. The molecule has 36 heavy (non-hydrogen) atoms. The molecule has 6 rings (SSSR count). The van der Waals surface area contributed by atoms with Crippen LogP contribution in [0.2, 0.25) is 0 Å². The fourth-order valence-corrected chi connectivity index (χ4v) is 6.23. The van der Waals surface area contributed by atoms with E-state index in [0.29, 0.717) is 11.3 Å². The third-order valence-electron chi connectivity index (χ3n) is 7.19. The van der Waals surface area contributed by atoms with Gasteiger partial charge in [0.15, 0.2) is 5.65 Å². The van der Waals surface area contributed by atoms with Gasteiger partial charge in [0.2, 0.25) is 5.88 Å². The molecule has 2 amide bonds. The van der Waals surface area contributed by atoms with E-state index in [2.05, 4.69) is 25.4 Å². The highest BCUT2D eigenvalue weighted by atomic mass is 32.1. The van der Waals surface area contributed by atoms with E-state index in [1.54, 1.807) is 28.5 Å². The number of hydrogen-bond acceptors (Lipinski definition) is 8. The van der Waals surface area contributed by atoms with Gasteiger partial charge in [0.1, 0.15) is 22.4 Å². The highest BCUT2D eigenvalue weighted by molar-refractivity contribution is 7.13. The van der Waals surface area contributed by atoms with Gasteiger partial charge in [-0.15, -0.1) is 11.3 Å². The lowest BCUT2D eigenvalue weighted by Gasteiger charge is -2.57. The number of pyridine rings is 2. The summed E-state index contributed by atoms with van der Waals surface area (Å²) in [7, 11) is 1.81. The number of fused-ring (bicyclic) bond motifs is 1. The first-order valence-electron chi connectivity index (χ1n) is 11.8. The smallest absolute Gasteiger partial charge is 0.270 e. The van der Waals surface area contributed by atoms with Crippen molar-refractivity contribution < 1.29 is 14.3 Å². The zero-order valence-corrected chi connectivity index (χ0v) is 20.7. The Bertz CT molecular complexity index is 1480. The van der Waals surface area contributed by atoms with Gasteiger partial charge >= 0.3 is 0 Å². The fourth-order valence-electron chi connectivity index (χ4n) is 5.43. The minimum Gasteiger partial charge on any atom is -0.474 e. The Kier molecular flexibility index (Phi) is 5.25. The van der Waals surface area contributed by atoms with Crippen LogP contribution in [0.1, 0.15) is 52.2 Å². The lowest BCUT2D eigenvalue weighted by atomic mass is 9.53. The van der Waals surface area contributed by atoms with E-state index in [1.165, 1.54) is 11.3 Å². The predicted molar refractivity (Wildman–Crippen MR) is 134 cm³/mol. The molecule has 0 aliphatic heterocycles. The van der Waals surface area contributed by atoms with Gasteiger partial charge in [0.25, 0.3) is 11.8 Å². The molecular formula is C25H25N7O3S. The van der Waals surface area contributed by atoms with Crippen LogP contribution in [0, 0.1) is 12.3 Å². The minimum absolute atomic E-state index is 0.0412. The van der Waals surface area contributed by atoms with Crippen LogP contribution in [0.5, 0.6) is 5.88 Å². The van der Waals surface area contributed by atoms with E-state index in [1.807, 2.05) is 26.1 Å². The largest absolute Gasteiger partial charge is 0.474 e. The molecule has 4 heterocycles. The third-order valence-corrected chi connectivity index (χ3v) is 8.08. The first-order valence-corrected chi connectivity index (χ1v) is 12.7.